The molecule has 0 spiro atoms. The third-order valence-electron chi connectivity index (χ3n) is 9.81. The second-order valence-electron chi connectivity index (χ2n) is 13.1. The first-order valence-corrected chi connectivity index (χ1v) is 19.4. The van der Waals surface area contributed by atoms with Gasteiger partial charge in [0, 0.05) is 57.9 Å². The maximum atomic E-state index is 3.91. The number of fused-ring (bicyclic) bond motifs is 7. The van der Waals surface area contributed by atoms with Gasteiger partial charge in [0.1, 0.15) is 0 Å². The van der Waals surface area contributed by atoms with E-state index in [9.17, 15) is 0 Å². The Kier molecular flexibility index (Phi) is 8.63. The fraction of sp³-hybridized carbons (Fsp3) is 0.0204. The zero-order valence-corrected chi connectivity index (χ0v) is 31.6. The molecular formula is C49H35BrN2S. The number of aromatic nitrogens is 1. The van der Waals surface area contributed by atoms with E-state index in [2.05, 4.69) is 208 Å². The number of hydrogen-bond acceptors (Lipinski definition) is 2. The Hall–Kier alpha value is -5.94. The third-order valence-corrected chi connectivity index (χ3v) is 11.4. The molecule has 0 aliphatic carbocycles. The van der Waals surface area contributed by atoms with Crippen LogP contribution in [0.2, 0.25) is 0 Å². The number of benzene rings is 8. The van der Waals surface area contributed by atoms with Crippen molar-refractivity contribution in [2.24, 2.45) is 0 Å². The van der Waals surface area contributed by atoms with Gasteiger partial charge in [-0.2, -0.15) is 0 Å². The minimum Gasteiger partial charge on any atom is -0.310 e. The fourth-order valence-electron chi connectivity index (χ4n) is 7.56. The van der Waals surface area contributed by atoms with E-state index < -0.39 is 0 Å². The van der Waals surface area contributed by atoms with Crippen molar-refractivity contribution in [1.29, 1.82) is 0 Å². The molecule has 2 nitrogen and oxygen atoms in total. The summed E-state index contributed by atoms with van der Waals surface area (Å²) < 4.78 is 6.01. The molecule has 0 saturated carbocycles. The molecule has 0 unspecified atom stereocenters. The van der Waals surface area contributed by atoms with E-state index in [-0.39, 0.29) is 0 Å². The second-order valence-corrected chi connectivity index (χ2v) is 15.1. The highest BCUT2D eigenvalue weighted by Crippen LogP contribution is 2.44. The number of thiophene rings is 1. The van der Waals surface area contributed by atoms with Crippen molar-refractivity contribution in [3.05, 3.63) is 193 Å². The Morgan fingerprint density at radius 1 is 0.528 bits per heavy atom. The average molecular weight is 764 g/mol. The number of para-hydroxylation sites is 2. The highest BCUT2D eigenvalue weighted by molar-refractivity contribution is 9.10. The van der Waals surface area contributed by atoms with Crippen LogP contribution in [0.15, 0.2) is 193 Å². The van der Waals surface area contributed by atoms with Crippen LogP contribution in [0.4, 0.5) is 17.1 Å². The lowest BCUT2D eigenvalue weighted by atomic mass is 10.0. The van der Waals surface area contributed by atoms with Crippen molar-refractivity contribution in [2.45, 2.75) is 6.92 Å². The summed E-state index contributed by atoms with van der Waals surface area (Å²) in [4.78, 5) is 2.41. The fourth-order valence-corrected chi connectivity index (χ4v) is 9.12. The molecule has 10 aromatic rings. The summed E-state index contributed by atoms with van der Waals surface area (Å²) in [7, 11) is 0. The minimum atomic E-state index is 1.03. The predicted octanol–water partition coefficient (Wildman–Crippen LogP) is 15.4. The van der Waals surface area contributed by atoms with Gasteiger partial charge in [0.05, 0.1) is 16.7 Å². The quantitative estimate of drug-likeness (QED) is 0.159. The van der Waals surface area contributed by atoms with Crippen LogP contribution in [-0.2, 0) is 0 Å². The summed E-state index contributed by atoms with van der Waals surface area (Å²) >= 11 is 5.76. The molecule has 0 aliphatic heterocycles. The molecule has 4 heteroatoms. The van der Waals surface area contributed by atoms with Gasteiger partial charge in [0.2, 0.25) is 0 Å². The van der Waals surface area contributed by atoms with E-state index in [0.717, 1.165) is 38.3 Å². The highest BCUT2D eigenvalue weighted by Gasteiger charge is 2.19. The van der Waals surface area contributed by atoms with Gasteiger partial charge in [-0.3, -0.25) is 0 Å². The van der Waals surface area contributed by atoms with Crippen LogP contribution >= 0.6 is 27.3 Å². The maximum Gasteiger partial charge on any atom is 0.0541 e. The summed E-state index contributed by atoms with van der Waals surface area (Å²) in [5.41, 5.74) is 9.26. The largest absolute Gasteiger partial charge is 0.310 e. The normalized spacial score (nSPS) is 11.3. The Morgan fingerprint density at radius 3 is 1.87 bits per heavy atom. The second kappa shape index (κ2) is 13.9. The van der Waals surface area contributed by atoms with Gasteiger partial charge in [-0.05, 0) is 96.2 Å². The van der Waals surface area contributed by atoms with Gasteiger partial charge in [0.25, 0.3) is 0 Å². The van der Waals surface area contributed by atoms with E-state index in [1.54, 1.807) is 6.08 Å². The molecule has 0 bridgehead atoms. The third kappa shape index (κ3) is 5.90. The number of halogens is 1. The first-order chi connectivity index (χ1) is 26.1. The molecule has 254 valence electrons. The van der Waals surface area contributed by atoms with Crippen molar-refractivity contribution in [3.8, 4) is 16.8 Å². The number of nitrogens with zero attached hydrogens (tertiary/aromatic N) is 2. The molecule has 2 heterocycles. The first-order valence-electron chi connectivity index (χ1n) is 17.8. The average Bonchev–Trinajstić information content (AvgIpc) is 3.74. The van der Waals surface area contributed by atoms with E-state index >= 15 is 0 Å². The summed E-state index contributed by atoms with van der Waals surface area (Å²) in [6.07, 6.45) is 1.75. The summed E-state index contributed by atoms with van der Waals surface area (Å²) in [5.74, 6) is 0. The van der Waals surface area contributed by atoms with Crippen molar-refractivity contribution >= 4 is 97.1 Å². The van der Waals surface area contributed by atoms with E-state index in [1.165, 1.54) is 52.8 Å². The molecule has 0 atom stereocenters. The Bertz CT molecular complexity index is 2890. The van der Waals surface area contributed by atoms with Crippen LogP contribution in [0.5, 0.6) is 0 Å². The van der Waals surface area contributed by atoms with Crippen molar-refractivity contribution in [3.63, 3.8) is 0 Å². The van der Waals surface area contributed by atoms with E-state index in [0.29, 0.717) is 0 Å². The van der Waals surface area contributed by atoms with Crippen LogP contribution in [0, 0.1) is 0 Å². The smallest absolute Gasteiger partial charge is 0.0541 e. The van der Waals surface area contributed by atoms with Gasteiger partial charge in [-0.15, -0.1) is 17.9 Å². The standard InChI is InChI=1S/C46H29BrN2S.C3H6/c47-33-26-32(30-20-22-34(23-21-30)49-43-16-6-3-13-38(43)39-14-4-7-17-44(39)49)27-36(28-33)48(42-18-9-11-31-10-1-2-12-37(31)42)35-24-25-46-41(29-35)40-15-5-8-19-45(40)50-46;1-3-2/h1-29H;3H,1H2,2H3. The molecule has 8 aromatic carbocycles. The Labute approximate surface area is 321 Å². The number of anilines is 3. The van der Waals surface area contributed by atoms with Crippen molar-refractivity contribution in [2.75, 3.05) is 4.90 Å². The van der Waals surface area contributed by atoms with Crippen LogP contribution in [0.3, 0.4) is 0 Å². The van der Waals surface area contributed by atoms with E-state index in [1.807, 2.05) is 18.3 Å². The van der Waals surface area contributed by atoms with Crippen LogP contribution in [0.25, 0.3) is 69.6 Å². The van der Waals surface area contributed by atoms with Crippen molar-refractivity contribution < 1.29 is 0 Å². The summed E-state index contributed by atoms with van der Waals surface area (Å²) in [6.45, 7) is 5.25. The van der Waals surface area contributed by atoms with Gasteiger partial charge >= 0.3 is 0 Å². The van der Waals surface area contributed by atoms with Gasteiger partial charge in [0.15, 0.2) is 0 Å². The van der Waals surface area contributed by atoms with Crippen LogP contribution < -0.4 is 4.90 Å². The van der Waals surface area contributed by atoms with Crippen molar-refractivity contribution in [1.82, 2.24) is 4.57 Å². The molecule has 0 N–H and O–H groups in total. The summed E-state index contributed by atoms with van der Waals surface area (Å²) in [5, 5.41) is 7.54. The highest BCUT2D eigenvalue weighted by atomic mass is 79.9. The Balaban J connectivity index is 0.00000120. The molecule has 53 heavy (non-hydrogen) atoms. The first kappa shape index (κ1) is 32.9. The lowest BCUT2D eigenvalue weighted by molar-refractivity contribution is 1.18. The zero-order chi connectivity index (χ0) is 35.9. The molecular weight excluding hydrogens is 729 g/mol. The molecule has 10 rings (SSSR count). The molecule has 0 aliphatic rings. The van der Waals surface area contributed by atoms with Crippen LogP contribution in [0.1, 0.15) is 6.92 Å². The molecule has 0 fully saturated rings. The molecule has 0 amide bonds. The van der Waals surface area contributed by atoms with Gasteiger partial charge < -0.3 is 9.47 Å². The topological polar surface area (TPSA) is 8.17 Å². The molecule has 0 saturated heterocycles. The lowest BCUT2D eigenvalue weighted by Gasteiger charge is -2.28. The van der Waals surface area contributed by atoms with Gasteiger partial charge in [-0.1, -0.05) is 125 Å². The van der Waals surface area contributed by atoms with Gasteiger partial charge in [-0.25, -0.2) is 0 Å². The number of hydrogen-bond donors (Lipinski definition) is 0. The molecule has 0 radical (unpaired) electrons. The van der Waals surface area contributed by atoms with E-state index in [4.69, 9.17) is 0 Å². The summed E-state index contributed by atoms with van der Waals surface area (Å²) in [6, 6.07) is 63.9. The minimum absolute atomic E-state index is 1.03. The maximum absolute atomic E-state index is 3.91. The zero-order valence-electron chi connectivity index (χ0n) is 29.2. The monoisotopic (exact) mass is 762 g/mol. The van der Waals surface area contributed by atoms with Crippen LogP contribution in [-0.4, -0.2) is 4.57 Å². The molecule has 2 aromatic heterocycles. The number of rotatable bonds is 5. The SMILES string of the molecule is Brc1cc(-c2ccc(-n3c4ccccc4c4ccccc43)cc2)cc(N(c2ccc3sc4ccccc4c3c2)c2cccc3ccccc23)c1.C=CC. The Morgan fingerprint density at radius 2 is 1.13 bits per heavy atom. The lowest BCUT2D eigenvalue weighted by Crippen LogP contribution is -2.10. The number of allylic oxidation sites excluding steroid dienone is 1. The predicted molar refractivity (Wildman–Crippen MR) is 235 cm³/mol.